The lowest BCUT2D eigenvalue weighted by Crippen LogP contribution is -2.41. The molecule has 1 heterocycles. The quantitative estimate of drug-likeness (QED) is 0.626. The van der Waals surface area contributed by atoms with Gasteiger partial charge < -0.3 is 16.0 Å². The molecule has 0 spiro atoms. The third-order valence-electron chi connectivity index (χ3n) is 4.29. The fourth-order valence-corrected chi connectivity index (χ4v) is 2.92. The molecule has 1 aromatic heterocycles. The smallest absolute Gasteiger partial charge is 0.189 e. The van der Waals surface area contributed by atoms with Crippen LogP contribution < -0.4 is 16.0 Å². The molecule has 0 amide bonds. The van der Waals surface area contributed by atoms with E-state index in [1.807, 2.05) is 6.20 Å². The first kappa shape index (κ1) is 16.6. The molecule has 0 bridgehead atoms. The van der Waals surface area contributed by atoms with Crippen LogP contribution in [0.4, 0.5) is 5.82 Å². The van der Waals surface area contributed by atoms with Crippen molar-refractivity contribution in [1.29, 1.82) is 0 Å². The van der Waals surface area contributed by atoms with E-state index < -0.39 is 0 Å². The van der Waals surface area contributed by atoms with Crippen LogP contribution in [0.3, 0.4) is 0 Å². The van der Waals surface area contributed by atoms with Gasteiger partial charge in [-0.05, 0) is 38.3 Å². The zero-order chi connectivity index (χ0) is 15.8. The Labute approximate surface area is 134 Å². The van der Waals surface area contributed by atoms with Crippen molar-refractivity contribution in [3.8, 4) is 0 Å². The summed E-state index contributed by atoms with van der Waals surface area (Å²) < 4.78 is 0. The van der Waals surface area contributed by atoms with E-state index in [9.17, 15) is 0 Å². The second-order valence-corrected chi connectivity index (χ2v) is 5.88. The largest absolute Gasteiger partial charge is 0.370 e. The first-order valence-electron chi connectivity index (χ1n) is 8.49. The molecule has 0 atom stereocenters. The van der Waals surface area contributed by atoms with E-state index in [-0.39, 0.29) is 0 Å². The molecule has 1 aliphatic rings. The molecule has 22 heavy (non-hydrogen) atoms. The maximum Gasteiger partial charge on any atom is 0.189 e. The summed E-state index contributed by atoms with van der Waals surface area (Å²) in [7, 11) is 0. The summed E-state index contributed by atoms with van der Waals surface area (Å²) in [6.45, 7) is 6.80. The van der Waals surface area contributed by atoms with Crippen LogP contribution in [0.25, 0.3) is 0 Å². The van der Waals surface area contributed by atoms with E-state index in [2.05, 4.69) is 46.2 Å². The number of aromatic nitrogens is 1. The summed E-state index contributed by atoms with van der Waals surface area (Å²) in [5, 5.41) is 3.34. The Hall–Kier alpha value is -1.78. The van der Waals surface area contributed by atoms with E-state index in [0.717, 1.165) is 24.5 Å². The molecule has 5 heteroatoms. The molecule has 122 valence electrons. The van der Waals surface area contributed by atoms with E-state index in [1.165, 1.54) is 32.1 Å². The summed E-state index contributed by atoms with van der Waals surface area (Å²) in [6.07, 6.45) is 8.24. The Morgan fingerprint density at radius 3 is 2.59 bits per heavy atom. The van der Waals surface area contributed by atoms with E-state index in [0.29, 0.717) is 18.5 Å². The van der Waals surface area contributed by atoms with Gasteiger partial charge in [-0.1, -0.05) is 25.3 Å². The number of guanidine groups is 1. The molecule has 0 aromatic carbocycles. The van der Waals surface area contributed by atoms with Gasteiger partial charge in [-0.2, -0.15) is 0 Å². The zero-order valence-electron chi connectivity index (χ0n) is 13.9. The number of hydrogen-bond acceptors (Lipinski definition) is 3. The van der Waals surface area contributed by atoms with Crippen molar-refractivity contribution in [2.75, 3.05) is 18.0 Å². The molecule has 0 radical (unpaired) electrons. The van der Waals surface area contributed by atoms with Crippen molar-refractivity contribution >= 4 is 11.8 Å². The normalized spacial score (nSPS) is 16.5. The lowest BCUT2D eigenvalue weighted by molar-refractivity contribution is 0.412. The van der Waals surface area contributed by atoms with Crippen LogP contribution in [0.1, 0.15) is 51.5 Å². The van der Waals surface area contributed by atoms with Crippen LogP contribution in [0.5, 0.6) is 0 Å². The molecule has 0 saturated heterocycles. The minimum atomic E-state index is 0.501. The standard InChI is InChI=1S/C17H29N5/c1-3-22(4-2)16-11-10-14(12-19-16)13-20-17(18)21-15-8-6-5-7-9-15/h10-12,15H,3-9,13H2,1-2H3,(H3,18,20,21). The molecular formula is C17H29N5. The van der Waals surface area contributed by atoms with Crippen molar-refractivity contribution in [1.82, 2.24) is 10.3 Å². The molecule has 5 nitrogen and oxygen atoms in total. The van der Waals surface area contributed by atoms with Crippen molar-refractivity contribution in [3.05, 3.63) is 23.9 Å². The fraction of sp³-hybridized carbons (Fsp3) is 0.647. The van der Waals surface area contributed by atoms with Crippen LogP contribution in [0.15, 0.2) is 23.3 Å². The Kier molecular flexibility index (Phi) is 6.49. The van der Waals surface area contributed by atoms with Gasteiger partial charge in [0.25, 0.3) is 0 Å². The van der Waals surface area contributed by atoms with Crippen molar-refractivity contribution in [2.45, 2.75) is 58.5 Å². The predicted molar refractivity (Wildman–Crippen MR) is 93.1 cm³/mol. The van der Waals surface area contributed by atoms with Gasteiger partial charge in [0.2, 0.25) is 0 Å². The third-order valence-corrected chi connectivity index (χ3v) is 4.29. The van der Waals surface area contributed by atoms with Gasteiger partial charge in [-0.25, -0.2) is 9.98 Å². The minimum Gasteiger partial charge on any atom is -0.370 e. The summed E-state index contributed by atoms with van der Waals surface area (Å²) in [6, 6.07) is 4.64. The molecule has 1 aromatic rings. The number of nitrogens with one attached hydrogen (secondary N) is 1. The second kappa shape index (κ2) is 8.61. The number of nitrogens with zero attached hydrogens (tertiary/aromatic N) is 3. The SMILES string of the molecule is CCN(CC)c1ccc(CN=C(N)NC2CCCCC2)cn1. The average molecular weight is 303 g/mol. The van der Waals surface area contributed by atoms with E-state index in [4.69, 9.17) is 5.73 Å². The number of aliphatic imine (C=N–C) groups is 1. The lowest BCUT2D eigenvalue weighted by atomic mass is 9.96. The summed E-state index contributed by atoms with van der Waals surface area (Å²) in [5.41, 5.74) is 7.07. The fourth-order valence-electron chi connectivity index (χ4n) is 2.92. The Bertz CT molecular complexity index is 458. The highest BCUT2D eigenvalue weighted by molar-refractivity contribution is 5.78. The van der Waals surface area contributed by atoms with Crippen LogP contribution in [-0.2, 0) is 6.54 Å². The Morgan fingerprint density at radius 1 is 1.27 bits per heavy atom. The minimum absolute atomic E-state index is 0.501. The average Bonchev–Trinajstić information content (AvgIpc) is 2.56. The molecule has 1 aliphatic carbocycles. The summed E-state index contributed by atoms with van der Waals surface area (Å²) >= 11 is 0. The first-order valence-corrected chi connectivity index (χ1v) is 8.49. The van der Waals surface area contributed by atoms with E-state index in [1.54, 1.807) is 0 Å². The third kappa shape index (κ3) is 4.90. The van der Waals surface area contributed by atoms with Crippen LogP contribution in [-0.4, -0.2) is 30.1 Å². The van der Waals surface area contributed by atoms with Gasteiger partial charge >= 0.3 is 0 Å². The van der Waals surface area contributed by atoms with Gasteiger partial charge in [-0.15, -0.1) is 0 Å². The van der Waals surface area contributed by atoms with Crippen LogP contribution in [0.2, 0.25) is 0 Å². The first-order chi connectivity index (χ1) is 10.7. The molecule has 1 saturated carbocycles. The zero-order valence-corrected chi connectivity index (χ0v) is 13.9. The number of anilines is 1. The highest BCUT2D eigenvalue weighted by Gasteiger charge is 2.13. The molecule has 1 fully saturated rings. The number of rotatable bonds is 6. The Morgan fingerprint density at radius 2 is 2.00 bits per heavy atom. The maximum absolute atomic E-state index is 5.98. The maximum atomic E-state index is 5.98. The molecule has 0 aliphatic heterocycles. The molecular weight excluding hydrogens is 274 g/mol. The highest BCUT2D eigenvalue weighted by atomic mass is 15.2. The summed E-state index contributed by atoms with van der Waals surface area (Å²) in [5.74, 6) is 1.57. The van der Waals surface area contributed by atoms with Gasteiger partial charge in [0.15, 0.2) is 5.96 Å². The molecule has 2 rings (SSSR count). The Balaban J connectivity index is 1.85. The van der Waals surface area contributed by atoms with Crippen molar-refractivity contribution in [3.63, 3.8) is 0 Å². The van der Waals surface area contributed by atoms with Crippen molar-refractivity contribution in [2.24, 2.45) is 10.7 Å². The van der Waals surface area contributed by atoms with Gasteiger partial charge in [0, 0.05) is 25.3 Å². The van der Waals surface area contributed by atoms with Gasteiger partial charge in [-0.3, -0.25) is 0 Å². The van der Waals surface area contributed by atoms with Gasteiger partial charge in [0.1, 0.15) is 5.82 Å². The highest BCUT2D eigenvalue weighted by Crippen LogP contribution is 2.17. The topological polar surface area (TPSA) is 66.5 Å². The number of pyridine rings is 1. The molecule has 3 N–H and O–H groups in total. The predicted octanol–water partition coefficient (Wildman–Crippen LogP) is 2.66. The summed E-state index contributed by atoms with van der Waals surface area (Å²) in [4.78, 5) is 11.2. The molecule has 0 unspecified atom stereocenters. The van der Waals surface area contributed by atoms with Crippen molar-refractivity contribution < 1.29 is 0 Å². The monoisotopic (exact) mass is 303 g/mol. The number of nitrogens with two attached hydrogens (primary N) is 1. The van der Waals surface area contributed by atoms with Crippen LogP contribution in [0, 0.1) is 0 Å². The van der Waals surface area contributed by atoms with Crippen LogP contribution >= 0.6 is 0 Å². The van der Waals surface area contributed by atoms with Gasteiger partial charge in [0.05, 0.1) is 6.54 Å². The second-order valence-electron chi connectivity index (χ2n) is 5.88. The number of hydrogen-bond donors (Lipinski definition) is 2. The van der Waals surface area contributed by atoms with E-state index >= 15 is 0 Å². The lowest BCUT2D eigenvalue weighted by Gasteiger charge is -2.23.